The van der Waals surface area contributed by atoms with E-state index >= 15 is 0 Å². The lowest BCUT2D eigenvalue weighted by Gasteiger charge is -2.11. The van der Waals surface area contributed by atoms with E-state index in [0.717, 1.165) is 0 Å². The summed E-state index contributed by atoms with van der Waals surface area (Å²) in [6, 6.07) is 2.25. The van der Waals surface area contributed by atoms with Gasteiger partial charge < -0.3 is 0 Å². The molecule has 0 aliphatic carbocycles. The second kappa shape index (κ2) is 3.86. The van der Waals surface area contributed by atoms with Gasteiger partial charge >= 0.3 is 0 Å². The van der Waals surface area contributed by atoms with Gasteiger partial charge in [-0.3, -0.25) is 4.68 Å². The van der Waals surface area contributed by atoms with Crippen LogP contribution in [0.4, 0.5) is 0 Å². The topological polar surface area (TPSA) is 54.5 Å². The van der Waals surface area contributed by atoms with Gasteiger partial charge in [-0.15, -0.1) is 0 Å². The smallest absolute Gasteiger partial charge is 0.137 e. The third-order valence-corrected chi connectivity index (χ3v) is 1.82. The first kappa shape index (κ1) is 8.72. The Hall–Kier alpha value is -1.37. The quantitative estimate of drug-likeness (QED) is 0.671. The first-order valence-corrected chi connectivity index (χ1v) is 3.96. The fraction of sp³-hybridized carbons (Fsp3) is 0.625. The lowest BCUT2D eigenvalue weighted by Crippen LogP contribution is -2.14. The number of hydrogen-bond donors (Lipinski definition) is 0. The zero-order chi connectivity index (χ0) is 8.97. The molecule has 1 heterocycles. The summed E-state index contributed by atoms with van der Waals surface area (Å²) < 4.78 is 1.69. The number of hydrogen-bond acceptors (Lipinski definition) is 3. The molecule has 0 aliphatic rings. The fourth-order valence-electron chi connectivity index (χ4n) is 0.929. The number of nitrogens with zero attached hydrogens (tertiary/aromatic N) is 4. The van der Waals surface area contributed by atoms with E-state index in [2.05, 4.69) is 16.2 Å². The summed E-state index contributed by atoms with van der Waals surface area (Å²) in [6.07, 6.45) is 3.11. The Morgan fingerprint density at radius 1 is 1.58 bits per heavy atom. The van der Waals surface area contributed by atoms with Gasteiger partial charge in [0.25, 0.3) is 0 Å². The average Bonchev–Trinajstić information content (AvgIpc) is 2.51. The zero-order valence-corrected chi connectivity index (χ0v) is 7.31. The molecule has 0 amide bonds. The van der Waals surface area contributed by atoms with Crippen molar-refractivity contribution in [3.63, 3.8) is 0 Å². The molecule has 64 valence electrons. The largest absolute Gasteiger partial charge is 0.252 e. The van der Waals surface area contributed by atoms with E-state index in [1.165, 1.54) is 6.33 Å². The molecular weight excluding hydrogens is 152 g/mol. The minimum atomic E-state index is 0.0201. The van der Waals surface area contributed by atoms with Crippen molar-refractivity contribution in [2.24, 2.45) is 11.8 Å². The molecule has 0 spiro atoms. The predicted molar refractivity (Wildman–Crippen MR) is 44.0 cm³/mol. The van der Waals surface area contributed by atoms with Crippen LogP contribution >= 0.6 is 0 Å². The van der Waals surface area contributed by atoms with Crippen LogP contribution in [-0.2, 0) is 6.54 Å². The first-order chi connectivity index (χ1) is 5.74. The van der Waals surface area contributed by atoms with E-state index in [-0.39, 0.29) is 5.92 Å². The SMILES string of the molecule is CC(C)C(C#N)Cn1cncn1. The molecule has 1 unspecified atom stereocenters. The van der Waals surface area contributed by atoms with Gasteiger partial charge in [0.1, 0.15) is 12.7 Å². The summed E-state index contributed by atoms with van der Waals surface area (Å²) in [4.78, 5) is 3.81. The van der Waals surface area contributed by atoms with E-state index in [0.29, 0.717) is 12.5 Å². The van der Waals surface area contributed by atoms with Crippen LogP contribution in [-0.4, -0.2) is 14.8 Å². The van der Waals surface area contributed by atoms with Crippen molar-refractivity contribution in [3.8, 4) is 6.07 Å². The van der Waals surface area contributed by atoms with E-state index in [4.69, 9.17) is 5.26 Å². The Balaban J connectivity index is 2.56. The Labute approximate surface area is 71.8 Å². The van der Waals surface area contributed by atoms with Crippen molar-refractivity contribution in [3.05, 3.63) is 12.7 Å². The van der Waals surface area contributed by atoms with E-state index < -0.39 is 0 Å². The van der Waals surface area contributed by atoms with Gasteiger partial charge in [0.2, 0.25) is 0 Å². The molecular formula is C8H12N4. The van der Waals surface area contributed by atoms with Crippen LogP contribution in [0.1, 0.15) is 13.8 Å². The highest BCUT2D eigenvalue weighted by Crippen LogP contribution is 2.10. The molecule has 0 N–H and O–H groups in total. The van der Waals surface area contributed by atoms with Crippen LogP contribution in [0, 0.1) is 23.2 Å². The van der Waals surface area contributed by atoms with Gasteiger partial charge in [-0.2, -0.15) is 10.4 Å². The third kappa shape index (κ3) is 2.06. The van der Waals surface area contributed by atoms with Crippen LogP contribution in [0.25, 0.3) is 0 Å². The molecule has 4 nitrogen and oxygen atoms in total. The predicted octanol–water partition coefficient (Wildman–Crippen LogP) is 1.07. The first-order valence-electron chi connectivity index (χ1n) is 3.96. The molecule has 0 saturated carbocycles. The molecule has 1 aromatic heterocycles. The summed E-state index contributed by atoms with van der Waals surface area (Å²) in [6.45, 7) is 4.70. The Morgan fingerprint density at radius 3 is 2.75 bits per heavy atom. The van der Waals surface area contributed by atoms with Crippen LogP contribution < -0.4 is 0 Å². The highest BCUT2D eigenvalue weighted by molar-refractivity contribution is 4.84. The zero-order valence-electron chi connectivity index (χ0n) is 7.31. The summed E-state index contributed by atoms with van der Waals surface area (Å²) in [7, 11) is 0. The monoisotopic (exact) mass is 164 g/mol. The maximum Gasteiger partial charge on any atom is 0.137 e. The van der Waals surface area contributed by atoms with Crippen molar-refractivity contribution >= 4 is 0 Å². The van der Waals surface area contributed by atoms with Crippen molar-refractivity contribution in [1.82, 2.24) is 14.8 Å². The standard InChI is InChI=1S/C8H12N4/c1-7(2)8(3-9)4-12-6-10-5-11-12/h5-8H,4H2,1-2H3. The molecule has 0 bridgehead atoms. The maximum absolute atomic E-state index is 8.78. The molecule has 1 atom stereocenters. The molecule has 0 aromatic carbocycles. The molecule has 1 rings (SSSR count). The van der Waals surface area contributed by atoms with Crippen LogP contribution in [0.3, 0.4) is 0 Å². The average molecular weight is 164 g/mol. The normalized spacial score (nSPS) is 12.8. The molecule has 0 aliphatic heterocycles. The van der Waals surface area contributed by atoms with Gasteiger partial charge in [0.15, 0.2) is 0 Å². The minimum absolute atomic E-state index is 0.0201. The van der Waals surface area contributed by atoms with E-state index in [1.807, 2.05) is 13.8 Å². The second-order valence-electron chi connectivity index (χ2n) is 3.10. The van der Waals surface area contributed by atoms with Crippen LogP contribution in [0.5, 0.6) is 0 Å². The van der Waals surface area contributed by atoms with Crippen molar-refractivity contribution < 1.29 is 0 Å². The summed E-state index contributed by atoms with van der Waals surface area (Å²) >= 11 is 0. The molecule has 12 heavy (non-hydrogen) atoms. The lowest BCUT2D eigenvalue weighted by atomic mass is 9.98. The third-order valence-electron chi connectivity index (χ3n) is 1.82. The Kier molecular flexibility index (Phi) is 2.81. The number of rotatable bonds is 3. The van der Waals surface area contributed by atoms with Gasteiger partial charge in [-0.25, -0.2) is 4.98 Å². The van der Waals surface area contributed by atoms with Crippen LogP contribution in [0.15, 0.2) is 12.7 Å². The Bertz CT molecular complexity index is 257. The van der Waals surface area contributed by atoms with Gasteiger partial charge in [0.05, 0.1) is 18.5 Å². The lowest BCUT2D eigenvalue weighted by molar-refractivity contribution is 0.395. The summed E-state index contributed by atoms with van der Waals surface area (Å²) in [5.41, 5.74) is 0. The molecule has 1 aromatic rings. The van der Waals surface area contributed by atoms with Crippen molar-refractivity contribution in [1.29, 1.82) is 5.26 Å². The molecule has 0 fully saturated rings. The van der Waals surface area contributed by atoms with Gasteiger partial charge in [-0.05, 0) is 5.92 Å². The van der Waals surface area contributed by atoms with E-state index in [9.17, 15) is 0 Å². The van der Waals surface area contributed by atoms with Gasteiger partial charge in [-0.1, -0.05) is 13.8 Å². The molecule has 0 saturated heterocycles. The summed E-state index contributed by atoms with van der Waals surface area (Å²) in [5.74, 6) is 0.380. The summed E-state index contributed by atoms with van der Waals surface area (Å²) in [5, 5.41) is 12.7. The van der Waals surface area contributed by atoms with Crippen LogP contribution in [0.2, 0.25) is 0 Å². The van der Waals surface area contributed by atoms with E-state index in [1.54, 1.807) is 11.0 Å². The highest BCUT2D eigenvalue weighted by Gasteiger charge is 2.12. The number of nitriles is 1. The van der Waals surface area contributed by atoms with Crippen molar-refractivity contribution in [2.75, 3.05) is 0 Å². The maximum atomic E-state index is 8.78. The van der Waals surface area contributed by atoms with Crippen molar-refractivity contribution in [2.45, 2.75) is 20.4 Å². The fourth-order valence-corrected chi connectivity index (χ4v) is 0.929. The number of aromatic nitrogens is 3. The minimum Gasteiger partial charge on any atom is -0.252 e. The molecule has 0 radical (unpaired) electrons. The molecule has 4 heteroatoms. The highest BCUT2D eigenvalue weighted by atomic mass is 15.3. The Morgan fingerprint density at radius 2 is 2.33 bits per heavy atom. The second-order valence-corrected chi connectivity index (χ2v) is 3.10. The van der Waals surface area contributed by atoms with Gasteiger partial charge in [0, 0.05) is 0 Å².